The predicted molar refractivity (Wildman–Crippen MR) is 66.7 cm³/mol. The molecule has 0 unspecified atom stereocenters. The van der Waals surface area contributed by atoms with Crippen LogP contribution in [0.1, 0.15) is 0 Å². The van der Waals surface area contributed by atoms with E-state index in [1.54, 1.807) is 12.3 Å². The second-order valence-electron chi connectivity index (χ2n) is 3.18. The number of nitrogens with two attached hydrogens (primary N) is 1. The van der Waals surface area contributed by atoms with Crippen molar-refractivity contribution in [2.45, 2.75) is 0 Å². The van der Waals surface area contributed by atoms with Crippen LogP contribution in [-0.4, -0.2) is 21.2 Å². The molecule has 0 fully saturated rings. The molecule has 1 heterocycles. The molecule has 0 saturated carbocycles. The van der Waals surface area contributed by atoms with Crippen molar-refractivity contribution in [2.75, 3.05) is 0 Å². The largest absolute Gasteiger partial charge is 0.405 e. The van der Waals surface area contributed by atoms with Crippen LogP contribution < -0.4 is 5.73 Å². The molecule has 0 aliphatic carbocycles. The molecule has 0 aliphatic heterocycles. The fourth-order valence-corrected chi connectivity index (χ4v) is 1.29. The van der Waals surface area contributed by atoms with E-state index in [-0.39, 0.29) is 0 Å². The highest BCUT2D eigenvalue weighted by atomic mass is 15.0. The van der Waals surface area contributed by atoms with Crippen LogP contribution in [0.5, 0.6) is 0 Å². The second kappa shape index (κ2) is 5.50. The van der Waals surface area contributed by atoms with Gasteiger partial charge in [0.05, 0.1) is 5.69 Å². The predicted octanol–water partition coefficient (Wildman–Crippen LogP) is 1.71. The van der Waals surface area contributed by atoms with Crippen molar-refractivity contribution in [2.24, 2.45) is 10.7 Å². The van der Waals surface area contributed by atoms with Gasteiger partial charge in [0.15, 0.2) is 5.82 Å². The number of hydrogen-bond acceptors (Lipinski definition) is 5. The molecular weight excluding hydrogens is 214 g/mol. The molecule has 0 atom stereocenters. The normalized spacial score (nSPS) is 11.3. The lowest BCUT2D eigenvalue weighted by atomic mass is 10.2. The number of allylic oxidation sites excluding steroid dienone is 1. The Bertz CT molecular complexity index is 534. The second-order valence-corrected chi connectivity index (χ2v) is 3.18. The van der Waals surface area contributed by atoms with Gasteiger partial charge in [0.1, 0.15) is 12.7 Å². The first-order valence-corrected chi connectivity index (χ1v) is 5.03. The Hall–Kier alpha value is -2.56. The summed E-state index contributed by atoms with van der Waals surface area (Å²) in [5.41, 5.74) is 6.94. The topological polar surface area (TPSA) is 77.0 Å². The van der Waals surface area contributed by atoms with Gasteiger partial charge in [0.25, 0.3) is 0 Å². The first kappa shape index (κ1) is 10.9. The minimum Gasteiger partial charge on any atom is -0.405 e. The Morgan fingerprint density at radius 3 is 2.76 bits per heavy atom. The van der Waals surface area contributed by atoms with E-state index in [1.807, 2.05) is 24.3 Å². The zero-order valence-electron chi connectivity index (χ0n) is 9.06. The zero-order chi connectivity index (χ0) is 11.9. The van der Waals surface area contributed by atoms with Gasteiger partial charge in [0, 0.05) is 11.8 Å². The quantitative estimate of drug-likeness (QED) is 0.807. The number of nitrogens with zero attached hydrogens (tertiary/aromatic N) is 4. The Morgan fingerprint density at radius 1 is 1.18 bits per heavy atom. The van der Waals surface area contributed by atoms with Gasteiger partial charge >= 0.3 is 0 Å². The summed E-state index contributed by atoms with van der Waals surface area (Å²) in [6.07, 6.45) is 7.66. The number of rotatable bonds is 3. The number of aliphatic imine (C=N–C) groups is 1. The molecule has 5 heteroatoms. The van der Waals surface area contributed by atoms with Gasteiger partial charge in [-0.05, 0) is 24.4 Å². The van der Waals surface area contributed by atoms with Gasteiger partial charge in [-0.1, -0.05) is 12.1 Å². The summed E-state index contributed by atoms with van der Waals surface area (Å²) < 4.78 is 0. The monoisotopic (exact) mass is 225 g/mol. The van der Waals surface area contributed by atoms with Crippen molar-refractivity contribution in [1.82, 2.24) is 15.0 Å². The first-order valence-electron chi connectivity index (χ1n) is 5.03. The van der Waals surface area contributed by atoms with E-state index in [9.17, 15) is 0 Å². The molecule has 0 bridgehead atoms. The maximum Gasteiger partial charge on any atom is 0.162 e. The molecule has 2 aromatic rings. The van der Waals surface area contributed by atoms with Gasteiger partial charge in [-0.2, -0.15) is 0 Å². The van der Waals surface area contributed by atoms with Crippen LogP contribution in [0.25, 0.3) is 11.4 Å². The Labute approximate surface area is 98.8 Å². The molecular formula is C12H11N5. The molecule has 1 aromatic heterocycles. The lowest BCUT2D eigenvalue weighted by Gasteiger charge is -1.99. The summed E-state index contributed by atoms with van der Waals surface area (Å²) in [5, 5.41) is 0. The molecule has 84 valence electrons. The van der Waals surface area contributed by atoms with E-state index in [0.29, 0.717) is 5.82 Å². The van der Waals surface area contributed by atoms with Crippen molar-refractivity contribution in [3.05, 3.63) is 49.2 Å². The highest BCUT2D eigenvalue weighted by Gasteiger charge is 1.99. The molecule has 5 nitrogen and oxygen atoms in total. The number of hydrogen-bond donors (Lipinski definition) is 1. The van der Waals surface area contributed by atoms with E-state index in [0.717, 1.165) is 11.3 Å². The number of aromatic nitrogens is 3. The van der Waals surface area contributed by atoms with Crippen molar-refractivity contribution in [1.29, 1.82) is 0 Å². The molecule has 0 spiro atoms. The van der Waals surface area contributed by atoms with Crippen LogP contribution in [0.2, 0.25) is 0 Å². The smallest absolute Gasteiger partial charge is 0.162 e. The third-order valence-electron chi connectivity index (χ3n) is 2.02. The molecule has 0 aliphatic rings. The zero-order valence-corrected chi connectivity index (χ0v) is 9.06. The summed E-state index contributed by atoms with van der Waals surface area (Å²) in [6, 6.07) is 7.62. The van der Waals surface area contributed by atoms with Gasteiger partial charge in [-0.3, -0.25) is 4.99 Å². The van der Waals surface area contributed by atoms with Crippen LogP contribution in [0.3, 0.4) is 0 Å². The van der Waals surface area contributed by atoms with Crippen molar-refractivity contribution >= 4 is 11.9 Å². The number of benzene rings is 1. The van der Waals surface area contributed by atoms with Crippen molar-refractivity contribution < 1.29 is 0 Å². The average Bonchev–Trinajstić information content (AvgIpc) is 2.41. The summed E-state index contributed by atoms with van der Waals surface area (Å²) >= 11 is 0. The summed E-state index contributed by atoms with van der Waals surface area (Å²) in [5.74, 6) is 0.631. The minimum atomic E-state index is 0.631. The molecule has 2 rings (SSSR count). The van der Waals surface area contributed by atoms with Crippen molar-refractivity contribution in [3.63, 3.8) is 0 Å². The van der Waals surface area contributed by atoms with E-state index >= 15 is 0 Å². The van der Waals surface area contributed by atoms with E-state index < -0.39 is 0 Å². The standard InChI is InChI=1S/C12H11N5/c13-5-2-6-15-11-4-1-3-10(7-11)12-16-8-14-9-17-12/h1-9H,13H2. The molecule has 17 heavy (non-hydrogen) atoms. The lowest BCUT2D eigenvalue weighted by molar-refractivity contribution is 1.06. The molecule has 0 saturated heterocycles. The van der Waals surface area contributed by atoms with Gasteiger partial charge in [0.2, 0.25) is 0 Å². The molecule has 1 aromatic carbocycles. The summed E-state index contributed by atoms with van der Waals surface area (Å²) in [4.78, 5) is 16.2. The Kier molecular flexibility index (Phi) is 3.54. The highest BCUT2D eigenvalue weighted by Crippen LogP contribution is 2.20. The summed E-state index contributed by atoms with van der Waals surface area (Å²) in [6.45, 7) is 0. The summed E-state index contributed by atoms with van der Waals surface area (Å²) in [7, 11) is 0. The van der Waals surface area contributed by atoms with Crippen LogP contribution in [0.15, 0.2) is 54.2 Å². The SMILES string of the molecule is NC=CC=Nc1cccc(-c2ncncn2)c1. The fourth-order valence-electron chi connectivity index (χ4n) is 1.29. The fraction of sp³-hybridized carbons (Fsp3) is 0. The third-order valence-corrected chi connectivity index (χ3v) is 2.02. The third kappa shape index (κ3) is 2.94. The van der Waals surface area contributed by atoms with E-state index in [4.69, 9.17) is 5.73 Å². The Morgan fingerprint density at radius 2 is 2.00 bits per heavy atom. The lowest BCUT2D eigenvalue weighted by Crippen LogP contribution is -1.88. The van der Waals surface area contributed by atoms with E-state index in [2.05, 4.69) is 19.9 Å². The van der Waals surface area contributed by atoms with Gasteiger partial charge in [-0.15, -0.1) is 0 Å². The average molecular weight is 225 g/mol. The first-order chi connectivity index (χ1) is 8.40. The minimum absolute atomic E-state index is 0.631. The molecule has 0 radical (unpaired) electrons. The van der Waals surface area contributed by atoms with Gasteiger partial charge < -0.3 is 5.73 Å². The maximum atomic E-state index is 5.21. The van der Waals surface area contributed by atoms with Crippen molar-refractivity contribution in [3.8, 4) is 11.4 Å². The Balaban J connectivity index is 2.29. The molecule has 0 amide bonds. The molecule has 2 N–H and O–H groups in total. The maximum absolute atomic E-state index is 5.21. The van der Waals surface area contributed by atoms with E-state index in [1.165, 1.54) is 18.9 Å². The highest BCUT2D eigenvalue weighted by molar-refractivity contribution is 5.75. The van der Waals surface area contributed by atoms with Gasteiger partial charge in [-0.25, -0.2) is 15.0 Å². The van der Waals surface area contributed by atoms with Crippen LogP contribution in [0.4, 0.5) is 5.69 Å². The van der Waals surface area contributed by atoms with Crippen LogP contribution in [0, 0.1) is 0 Å². The van der Waals surface area contributed by atoms with Crippen LogP contribution in [-0.2, 0) is 0 Å². The van der Waals surface area contributed by atoms with Crippen LogP contribution >= 0.6 is 0 Å².